The molecule has 44 heavy (non-hydrogen) atoms. The van der Waals surface area contributed by atoms with Crippen molar-refractivity contribution in [3.05, 3.63) is 83.9 Å². The van der Waals surface area contributed by atoms with Gasteiger partial charge in [-0.05, 0) is 61.5 Å². The molecule has 0 spiro atoms. The fourth-order valence-corrected chi connectivity index (χ4v) is 8.90. The smallest absolute Gasteiger partial charge is 0.330 e. The van der Waals surface area contributed by atoms with Crippen molar-refractivity contribution in [3.63, 3.8) is 0 Å². The van der Waals surface area contributed by atoms with E-state index in [1.54, 1.807) is 6.08 Å². The van der Waals surface area contributed by atoms with E-state index in [4.69, 9.17) is 18.6 Å². The van der Waals surface area contributed by atoms with E-state index in [1.807, 2.05) is 37.3 Å². The first kappa shape index (κ1) is 36.2. The van der Waals surface area contributed by atoms with E-state index in [-0.39, 0.29) is 24.3 Å². The van der Waals surface area contributed by atoms with E-state index in [2.05, 4.69) is 57.2 Å². The van der Waals surface area contributed by atoms with Crippen LogP contribution >= 0.6 is 0 Å². The average molecular weight is 623 g/mol. The van der Waals surface area contributed by atoms with Crippen molar-refractivity contribution in [1.82, 2.24) is 0 Å². The van der Waals surface area contributed by atoms with Crippen LogP contribution in [-0.4, -0.2) is 38.7 Å². The zero-order valence-electron chi connectivity index (χ0n) is 27.9. The molecule has 0 bridgehead atoms. The third kappa shape index (κ3) is 13.0. The summed E-state index contributed by atoms with van der Waals surface area (Å²) in [6, 6.07) is 23.7. The third-order valence-electron chi connectivity index (χ3n) is 9.19. The highest BCUT2D eigenvalue weighted by Crippen LogP contribution is 2.29. The highest BCUT2D eigenvalue weighted by atomic mass is 28.4. The van der Waals surface area contributed by atoms with Crippen LogP contribution in [0, 0.1) is 0 Å². The van der Waals surface area contributed by atoms with Gasteiger partial charge in [0.05, 0.1) is 31.5 Å². The Morgan fingerprint density at radius 2 is 1.20 bits per heavy atom. The largest absolute Gasteiger partial charge is 0.460 e. The Morgan fingerprint density at radius 1 is 0.705 bits per heavy atom. The lowest BCUT2D eigenvalue weighted by Gasteiger charge is -2.38. The predicted molar refractivity (Wildman–Crippen MR) is 183 cm³/mol. The maximum Gasteiger partial charge on any atom is 0.330 e. The molecular weight excluding hydrogens is 564 g/mol. The normalized spacial score (nSPS) is 24.1. The SMILES string of the molecule is CC[Si](CC)(CC)O[C@@H]1/C=C/C(=O)O[C@@H](C)CCCCCCCCCC[C@@H](OCc2ccccc2)[C@@H]1OCc1ccccc1. The minimum Gasteiger partial charge on any atom is -0.460 e. The quantitative estimate of drug-likeness (QED) is 0.184. The summed E-state index contributed by atoms with van der Waals surface area (Å²) in [6.07, 6.45) is 13.7. The van der Waals surface area contributed by atoms with Crippen LogP contribution in [0.1, 0.15) is 103 Å². The summed E-state index contributed by atoms with van der Waals surface area (Å²) in [7, 11) is -2.08. The molecule has 0 unspecified atom stereocenters. The van der Waals surface area contributed by atoms with Gasteiger partial charge in [0.25, 0.3) is 0 Å². The summed E-state index contributed by atoms with van der Waals surface area (Å²) in [5, 5.41) is 0. The van der Waals surface area contributed by atoms with E-state index >= 15 is 0 Å². The number of ether oxygens (including phenoxy) is 3. The second-order valence-corrected chi connectivity index (χ2v) is 17.2. The average Bonchev–Trinajstić information content (AvgIpc) is 3.05. The fourth-order valence-electron chi connectivity index (χ4n) is 6.11. The van der Waals surface area contributed by atoms with E-state index in [9.17, 15) is 4.79 Å². The number of benzene rings is 2. The van der Waals surface area contributed by atoms with Gasteiger partial charge in [-0.2, -0.15) is 0 Å². The van der Waals surface area contributed by atoms with Gasteiger partial charge in [0.15, 0.2) is 8.32 Å². The monoisotopic (exact) mass is 622 g/mol. The third-order valence-corrected chi connectivity index (χ3v) is 13.8. The van der Waals surface area contributed by atoms with Crippen molar-refractivity contribution in [2.75, 3.05) is 0 Å². The fraction of sp³-hybridized carbons (Fsp3) is 0.605. The minimum atomic E-state index is -2.08. The zero-order chi connectivity index (χ0) is 31.5. The van der Waals surface area contributed by atoms with E-state index in [0.29, 0.717) is 13.2 Å². The molecule has 1 aliphatic rings. The van der Waals surface area contributed by atoms with Gasteiger partial charge in [0.1, 0.15) is 6.10 Å². The van der Waals surface area contributed by atoms with Crippen molar-refractivity contribution in [1.29, 1.82) is 0 Å². The summed E-state index contributed by atoms with van der Waals surface area (Å²) in [5.41, 5.74) is 2.24. The Morgan fingerprint density at radius 3 is 1.75 bits per heavy atom. The van der Waals surface area contributed by atoms with E-state index in [1.165, 1.54) is 38.5 Å². The first-order chi connectivity index (χ1) is 21.5. The summed E-state index contributed by atoms with van der Waals surface area (Å²) < 4.78 is 26.6. The summed E-state index contributed by atoms with van der Waals surface area (Å²) >= 11 is 0. The lowest BCUT2D eigenvalue weighted by atomic mass is 9.99. The summed E-state index contributed by atoms with van der Waals surface area (Å²) in [6.45, 7) is 9.67. The molecule has 0 N–H and O–H groups in total. The molecule has 1 aliphatic heterocycles. The van der Waals surface area contributed by atoms with Gasteiger partial charge in [0, 0.05) is 6.08 Å². The molecule has 3 rings (SSSR count). The van der Waals surface area contributed by atoms with Gasteiger partial charge >= 0.3 is 5.97 Å². The van der Waals surface area contributed by atoms with Crippen molar-refractivity contribution in [2.45, 2.75) is 148 Å². The molecule has 0 fully saturated rings. The molecule has 2 aromatic carbocycles. The highest BCUT2D eigenvalue weighted by Gasteiger charge is 2.38. The van der Waals surface area contributed by atoms with Gasteiger partial charge in [-0.1, -0.05) is 126 Å². The Bertz CT molecular complexity index is 1050. The molecular formula is C38H58O5Si. The van der Waals surface area contributed by atoms with Crippen LogP contribution in [0.25, 0.3) is 0 Å². The predicted octanol–water partition coefficient (Wildman–Crippen LogP) is 9.95. The number of hydrogen-bond donors (Lipinski definition) is 0. The molecule has 0 saturated heterocycles. The van der Waals surface area contributed by atoms with Crippen LogP contribution < -0.4 is 0 Å². The van der Waals surface area contributed by atoms with Crippen LogP contribution in [0.2, 0.25) is 18.1 Å². The molecule has 0 aromatic heterocycles. The van der Waals surface area contributed by atoms with Crippen LogP contribution in [0.3, 0.4) is 0 Å². The molecule has 1 heterocycles. The van der Waals surface area contributed by atoms with Crippen molar-refractivity contribution in [3.8, 4) is 0 Å². The molecule has 2 aromatic rings. The number of carbonyl (C=O) groups excluding carboxylic acids is 1. The van der Waals surface area contributed by atoms with Crippen LogP contribution in [0.5, 0.6) is 0 Å². The number of cyclic esters (lactones) is 1. The number of esters is 1. The van der Waals surface area contributed by atoms with Crippen LogP contribution in [-0.2, 0) is 36.6 Å². The standard InChI is InChI=1S/C38H58O5Si/c1-5-44(6-2,7-3)43-36-28-29-37(39)42-32(4)22-16-12-10-8-9-11-13-21-27-35(40-30-33-23-17-14-18-24-33)38(36)41-31-34-25-19-15-20-26-34/h14-15,17-20,23-26,28-29,32,35-36,38H,5-13,16,21-22,27,30-31H2,1-4H3/b29-28+/t32-,35+,36+,38-/m0/s1. The summed E-state index contributed by atoms with van der Waals surface area (Å²) in [5.74, 6) is -0.312. The van der Waals surface area contributed by atoms with Crippen LogP contribution in [0.15, 0.2) is 72.8 Å². The summed E-state index contributed by atoms with van der Waals surface area (Å²) in [4.78, 5) is 13.1. The minimum absolute atomic E-state index is 0.104. The molecule has 6 heteroatoms. The van der Waals surface area contributed by atoms with Gasteiger partial charge in [-0.15, -0.1) is 0 Å². The topological polar surface area (TPSA) is 54.0 Å². The second kappa shape index (κ2) is 20.7. The second-order valence-electron chi connectivity index (χ2n) is 12.4. The first-order valence-electron chi connectivity index (χ1n) is 17.4. The van der Waals surface area contributed by atoms with Crippen molar-refractivity contribution < 1.29 is 23.4 Å². The highest BCUT2D eigenvalue weighted by molar-refractivity contribution is 6.73. The molecule has 4 atom stereocenters. The molecule has 0 aliphatic carbocycles. The maximum absolute atomic E-state index is 13.1. The lowest BCUT2D eigenvalue weighted by molar-refractivity contribution is -0.142. The maximum atomic E-state index is 13.1. The van der Waals surface area contributed by atoms with Crippen molar-refractivity contribution in [2.24, 2.45) is 0 Å². The van der Waals surface area contributed by atoms with Gasteiger partial charge in [-0.3, -0.25) is 0 Å². The van der Waals surface area contributed by atoms with Gasteiger partial charge < -0.3 is 18.6 Å². The zero-order valence-corrected chi connectivity index (χ0v) is 28.9. The van der Waals surface area contributed by atoms with Crippen molar-refractivity contribution >= 4 is 14.3 Å². The van der Waals surface area contributed by atoms with E-state index < -0.39 is 14.4 Å². The number of rotatable bonds is 11. The molecule has 5 nitrogen and oxygen atoms in total. The van der Waals surface area contributed by atoms with E-state index in [0.717, 1.165) is 54.9 Å². The Hall–Kier alpha value is -2.25. The van der Waals surface area contributed by atoms with Crippen LogP contribution in [0.4, 0.5) is 0 Å². The Labute approximate surface area is 268 Å². The first-order valence-corrected chi connectivity index (χ1v) is 19.9. The Balaban J connectivity index is 1.98. The Kier molecular flexibility index (Phi) is 17.1. The van der Waals surface area contributed by atoms with Gasteiger partial charge in [-0.25, -0.2) is 4.79 Å². The lowest BCUT2D eigenvalue weighted by Crippen LogP contribution is -2.48. The van der Waals surface area contributed by atoms with Gasteiger partial charge in [0.2, 0.25) is 0 Å². The molecule has 0 amide bonds. The number of carbonyl (C=O) groups is 1. The molecule has 0 saturated carbocycles. The molecule has 0 radical (unpaired) electrons. The molecule has 244 valence electrons. The number of hydrogen-bond acceptors (Lipinski definition) is 5.